The normalized spacial score (nSPS) is 19.2. The average molecular weight is 419 g/mol. The molecule has 0 amide bonds. The van der Waals surface area contributed by atoms with Crippen LogP contribution in [0.3, 0.4) is 0 Å². The quantitative estimate of drug-likeness (QED) is 0.452. The van der Waals surface area contributed by atoms with Crippen molar-refractivity contribution in [2.75, 3.05) is 32.7 Å². The summed E-state index contributed by atoms with van der Waals surface area (Å²) in [7, 11) is 0. The lowest BCUT2D eigenvalue weighted by molar-refractivity contribution is -0.389. The van der Waals surface area contributed by atoms with Gasteiger partial charge in [-0.05, 0) is 21.6 Å². The van der Waals surface area contributed by atoms with Crippen LogP contribution in [0.4, 0.5) is 5.82 Å². The molecule has 1 unspecified atom stereocenters. The lowest BCUT2D eigenvalue weighted by Crippen LogP contribution is -2.48. The molecule has 1 saturated heterocycles. The molecule has 1 atom stereocenters. The van der Waals surface area contributed by atoms with Crippen LogP contribution in [0, 0.1) is 10.1 Å². The van der Waals surface area contributed by atoms with Crippen molar-refractivity contribution in [1.82, 2.24) is 19.4 Å². The number of hydrogen-bond donors (Lipinski definition) is 0. The van der Waals surface area contributed by atoms with Crippen molar-refractivity contribution >= 4 is 5.82 Å². The highest BCUT2D eigenvalue weighted by Gasteiger charge is 2.32. The number of hydrogen-bond acceptors (Lipinski definition) is 6. The number of ether oxygens (including phenoxy) is 1. The molecule has 0 saturated carbocycles. The molecule has 0 spiro atoms. The second-order valence-electron chi connectivity index (χ2n) is 8.17. The standard InChI is InChI=1S/C23H25N5O3/c29-28(30)22-17-27-16-21(31-23(27)24-22)15-26-12-10-25(11-13-26)14-18-6-8-20(9-7-18)19-4-2-1-3-5-19/h1-9,17,21H,10-16H2. The van der Waals surface area contributed by atoms with Crippen LogP contribution in [0.25, 0.3) is 11.1 Å². The molecule has 8 nitrogen and oxygen atoms in total. The van der Waals surface area contributed by atoms with Gasteiger partial charge in [0.05, 0.1) is 6.54 Å². The predicted octanol–water partition coefficient (Wildman–Crippen LogP) is 3.04. The fourth-order valence-electron chi connectivity index (χ4n) is 4.31. The van der Waals surface area contributed by atoms with E-state index in [1.54, 1.807) is 4.57 Å². The largest absolute Gasteiger partial charge is 0.439 e. The number of fused-ring (bicyclic) bond motifs is 1. The molecule has 3 heterocycles. The zero-order valence-electron chi connectivity index (χ0n) is 17.3. The van der Waals surface area contributed by atoms with Crippen LogP contribution >= 0.6 is 0 Å². The van der Waals surface area contributed by atoms with Crippen molar-refractivity contribution in [2.45, 2.75) is 19.2 Å². The lowest BCUT2D eigenvalue weighted by Gasteiger charge is -2.35. The van der Waals surface area contributed by atoms with Gasteiger partial charge in [-0.15, -0.1) is 0 Å². The number of nitrogens with zero attached hydrogens (tertiary/aromatic N) is 5. The topological polar surface area (TPSA) is 76.7 Å². The second-order valence-corrected chi connectivity index (χ2v) is 8.17. The van der Waals surface area contributed by atoms with Gasteiger partial charge in [0, 0.05) is 44.3 Å². The van der Waals surface area contributed by atoms with Crippen molar-refractivity contribution in [3.8, 4) is 17.1 Å². The highest BCUT2D eigenvalue weighted by molar-refractivity contribution is 5.63. The van der Waals surface area contributed by atoms with Crippen molar-refractivity contribution in [3.63, 3.8) is 0 Å². The molecule has 31 heavy (non-hydrogen) atoms. The van der Waals surface area contributed by atoms with E-state index in [0.717, 1.165) is 39.3 Å². The van der Waals surface area contributed by atoms with Gasteiger partial charge in [-0.25, -0.2) is 0 Å². The minimum atomic E-state index is -0.488. The molecule has 1 aromatic heterocycles. The van der Waals surface area contributed by atoms with E-state index >= 15 is 0 Å². The third-order valence-corrected chi connectivity index (χ3v) is 5.98. The smallest absolute Gasteiger partial charge is 0.414 e. The summed E-state index contributed by atoms with van der Waals surface area (Å²) in [6, 6.07) is 19.6. The molecule has 2 aliphatic heterocycles. The summed E-state index contributed by atoms with van der Waals surface area (Å²) >= 11 is 0. The Balaban J connectivity index is 1.09. The van der Waals surface area contributed by atoms with Crippen LogP contribution in [-0.4, -0.2) is 63.1 Å². The van der Waals surface area contributed by atoms with Crippen LogP contribution in [0.2, 0.25) is 0 Å². The fourth-order valence-corrected chi connectivity index (χ4v) is 4.31. The molecule has 1 fully saturated rings. The summed E-state index contributed by atoms with van der Waals surface area (Å²) in [4.78, 5) is 19.1. The van der Waals surface area contributed by atoms with E-state index in [1.807, 2.05) is 6.07 Å². The molecular weight excluding hydrogens is 394 g/mol. The summed E-state index contributed by atoms with van der Waals surface area (Å²) in [5.41, 5.74) is 3.82. The van der Waals surface area contributed by atoms with Crippen molar-refractivity contribution in [1.29, 1.82) is 0 Å². The zero-order chi connectivity index (χ0) is 21.2. The average Bonchev–Trinajstić information content (AvgIpc) is 3.35. The van der Waals surface area contributed by atoms with Gasteiger partial charge >= 0.3 is 11.8 Å². The SMILES string of the molecule is O=[N+]([O-])c1cn2c(n1)OC(CN1CCN(Cc3ccc(-c4ccccc4)cc3)CC1)C2. The van der Waals surface area contributed by atoms with E-state index in [0.29, 0.717) is 12.6 Å². The first-order chi connectivity index (χ1) is 15.1. The Kier molecular flexibility index (Phi) is 5.40. The number of imidazole rings is 1. The Hall–Kier alpha value is -3.23. The van der Waals surface area contributed by atoms with Gasteiger partial charge in [-0.3, -0.25) is 14.4 Å². The number of benzene rings is 2. The summed E-state index contributed by atoms with van der Waals surface area (Å²) in [5.74, 6) is -0.154. The first-order valence-electron chi connectivity index (χ1n) is 10.6. The molecular formula is C23H25N5O3. The maximum absolute atomic E-state index is 10.8. The van der Waals surface area contributed by atoms with Gasteiger partial charge in [-0.2, -0.15) is 0 Å². The van der Waals surface area contributed by atoms with Gasteiger partial charge in [0.2, 0.25) is 0 Å². The van der Waals surface area contributed by atoms with Crippen LogP contribution in [-0.2, 0) is 13.1 Å². The third kappa shape index (κ3) is 4.45. The molecule has 0 aliphatic carbocycles. The lowest BCUT2D eigenvalue weighted by atomic mass is 10.0. The Labute approximate surface area is 180 Å². The molecule has 0 radical (unpaired) electrons. The van der Waals surface area contributed by atoms with Gasteiger partial charge in [0.25, 0.3) is 0 Å². The first-order valence-corrected chi connectivity index (χ1v) is 10.6. The number of rotatable bonds is 6. The van der Waals surface area contributed by atoms with Crippen LogP contribution in [0.15, 0.2) is 60.8 Å². The predicted molar refractivity (Wildman–Crippen MR) is 117 cm³/mol. The van der Waals surface area contributed by atoms with Crippen LogP contribution < -0.4 is 4.74 Å². The van der Waals surface area contributed by atoms with E-state index in [-0.39, 0.29) is 11.9 Å². The zero-order valence-corrected chi connectivity index (χ0v) is 17.3. The van der Waals surface area contributed by atoms with Gasteiger partial charge in [0.1, 0.15) is 12.3 Å². The van der Waals surface area contributed by atoms with E-state index in [9.17, 15) is 10.1 Å². The summed E-state index contributed by atoms with van der Waals surface area (Å²) in [6.07, 6.45) is 1.46. The fraction of sp³-hybridized carbons (Fsp3) is 0.348. The third-order valence-electron chi connectivity index (χ3n) is 5.98. The minimum absolute atomic E-state index is 0.000356. The highest BCUT2D eigenvalue weighted by atomic mass is 16.6. The molecule has 3 aromatic rings. The van der Waals surface area contributed by atoms with E-state index < -0.39 is 4.92 Å². The highest BCUT2D eigenvalue weighted by Crippen LogP contribution is 2.25. The van der Waals surface area contributed by atoms with E-state index in [1.165, 1.54) is 22.9 Å². The number of piperazine rings is 1. The van der Waals surface area contributed by atoms with Crippen LogP contribution in [0.1, 0.15) is 5.56 Å². The van der Waals surface area contributed by atoms with Crippen molar-refractivity contribution < 1.29 is 9.66 Å². The van der Waals surface area contributed by atoms with Gasteiger partial charge < -0.3 is 14.9 Å². The monoisotopic (exact) mass is 419 g/mol. The van der Waals surface area contributed by atoms with Gasteiger partial charge in [0.15, 0.2) is 0 Å². The van der Waals surface area contributed by atoms with E-state index in [2.05, 4.69) is 63.3 Å². The van der Waals surface area contributed by atoms with Crippen molar-refractivity contribution in [2.24, 2.45) is 0 Å². The summed E-state index contributed by atoms with van der Waals surface area (Å²) < 4.78 is 7.54. The molecule has 8 heteroatoms. The Morgan fingerprint density at radius 3 is 2.32 bits per heavy atom. The maximum atomic E-state index is 10.8. The Bertz CT molecular complexity index is 1020. The minimum Gasteiger partial charge on any atom is -0.439 e. The van der Waals surface area contributed by atoms with Gasteiger partial charge in [-0.1, -0.05) is 54.6 Å². The van der Waals surface area contributed by atoms with E-state index in [4.69, 9.17) is 4.74 Å². The molecule has 2 aromatic carbocycles. The molecule has 160 valence electrons. The maximum Gasteiger partial charge on any atom is 0.414 e. The molecule has 2 aliphatic rings. The number of aromatic nitrogens is 2. The second kappa shape index (κ2) is 8.49. The Morgan fingerprint density at radius 1 is 0.968 bits per heavy atom. The molecule has 0 bridgehead atoms. The first kappa shape index (κ1) is 19.7. The summed E-state index contributed by atoms with van der Waals surface area (Å²) in [5, 5.41) is 10.8. The summed E-state index contributed by atoms with van der Waals surface area (Å²) in [6.45, 7) is 6.41. The van der Waals surface area contributed by atoms with Crippen molar-refractivity contribution in [3.05, 3.63) is 76.5 Å². The molecule has 0 N–H and O–H groups in total. The molecule has 5 rings (SSSR count). The van der Waals surface area contributed by atoms with Crippen LogP contribution in [0.5, 0.6) is 6.01 Å². The number of nitro groups is 1. The Morgan fingerprint density at radius 2 is 1.65 bits per heavy atom.